The van der Waals surface area contributed by atoms with Crippen LogP contribution in [0.15, 0.2) is 78.9 Å². The summed E-state index contributed by atoms with van der Waals surface area (Å²) < 4.78 is 14.5. The zero-order valence-electron chi connectivity index (χ0n) is 14.7. The van der Waals surface area contributed by atoms with Gasteiger partial charge in [0.1, 0.15) is 5.82 Å². The molecule has 0 saturated heterocycles. The predicted molar refractivity (Wildman–Crippen MR) is 109 cm³/mol. The minimum atomic E-state index is -1.01. The Morgan fingerprint density at radius 2 is 1.54 bits per heavy atom. The summed E-state index contributed by atoms with van der Waals surface area (Å²) in [6.07, 6.45) is 0. The van der Waals surface area contributed by atoms with Crippen LogP contribution in [0.5, 0.6) is 0 Å². The van der Waals surface area contributed by atoms with Gasteiger partial charge in [0.2, 0.25) is 0 Å². The minimum absolute atomic E-state index is 0.214. The summed E-state index contributed by atoms with van der Waals surface area (Å²) in [7, 11) is 0. The van der Waals surface area contributed by atoms with E-state index < -0.39 is 5.97 Å². The lowest BCUT2D eigenvalue weighted by Gasteiger charge is -2.13. The number of aromatic carboxylic acids is 1. The number of carboxylic acids is 1. The van der Waals surface area contributed by atoms with Crippen LogP contribution in [0.25, 0.3) is 43.7 Å². The first-order valence-corrected chi connectivity index (χ1v) is 8.87. The highest BCUT2D eigenvalue weighted by Crippen LogP contribution is 2.37. The molecule has 4 heteroatoms. The second-order valence-electron chi connectivity index (χ2n) is 6.65. The average molecular weight is 367 g/mol. The highest BCUT2D eigenvalue weighted by Gasteiger charge is 2.18. The molecule has 0 fully saturated rings. The third kappa shape index (κ3) is 2.35. The van der Waals surface area contributed by atoms with Gasteiger partial charge in [-0.2, -0.15) is 0 Å². The molecular formula is C24H14FNO2. The lowest BCUT2D eigenvalue weighted by molar-refractivity contribution is 0.0701. The summed E-state index contributed by atoms with van der Waals surface area (Å²) in [6.45, 7) is 0. The molecule has 0 bridgehead atoms. The van der Waals surface area contributed by atoms with Gasteiger partial charge in [-0.05, 0) is 23.1 Å². The third-order valence-corrected chi connectivity index (χ3v) is 5.07. The minimum Gasteiger partial charge on any atom is -0.478 e. The normalized spacial score (nSPS) is 11.3. The molecule has 1 heterocycles. The lowest BCUT2D eigenvalue weighted by atomic mass is 9.93. The second-order valence-corrected chi connectivity index (χ2v) is 6.65. The van der Waals surface area contributed by atoms with Crippen LogP contribution in [0, 0.1) is 5.82 Å². The fraction of sp³-hybridized carbons (Fsp3) is 0. The molecule has 3 nitrogen and oxygen atoms in total. The summed E-state index contributed by atoms with van der Waals surface area (Å²) in [5.41, 5.74) is 2.54. The monoisotopic (exact) mass is 367 g/mol. The van der Waals surface area contributed by atoms with Gasteiger partial charge in [0, 0.05) is 21.7 Å². The van der Waals surface area contributed by atoms with E-state index in [-0.39, 0.29) is 11.4 Å². The summed E-state index contributed by atoms with van der Waals surface area (Å²) in [5, 5.41) is 12.7. The third-order valence-electron chi connectivity index (χ3n) is 5.07. The van der Waals surface area contributed by atoms with Crippen molar-refractivity contribution in [2.45, 2.75) is 0 Å². The number of benzene rings is 4. The van der Waals surface area contributed by atoms with Crippen LogP contribution in [-0.2, 0) is 0 Å². The molecule has 0 unspecified atom stereocenters. The number of halogens is 1. The molecule has 0 atom stereocenters. The van der Waals surface area contributed by atoms with E-state index in [0.717, 1.165) is 10.8 Å². The van der Waals surface area contributed by atoms with E-state index in [2.05, 4.69) is 0 Å². The van der Waals surface area contributed by atoms with Crippen molar-refractivity contribution in [3.8, 4) is 11.1 Å². The number of aromatic nitrogens is 1. The molecule has 0 spiro atoms. The van der Waals surface area contributed by atoms with Gasteiger partial charge in [-0.1, -0.05) is 66.7 Å². The van der Waals surface area contributed by atoms with Crippen molar-refractivity contribution in [3.63, 3.8) is 0 Å². The van der Waals surface area contributed by atoms with Gasteiger partial charge in [0.25, 0.3) is 0 Å². The van der Waals surface area contributed by atoms with E-state index in [0.29, 0.717) is 32.9 Å². The topological polar surface area (TPSA) is 50.2 Å². The molecule has 0 amide bonds. The van der Waals surface area contributed by atoms with Gasteiger partial charge in [-0.25, -0.2) is 14.2 Å². The number of hydrogen-bond acceptors (Lipinski definition) is 2. The van der Waals surface area contributed by atoms with Gasteiger partial charge < -0.3 is 5.11 Å². The molecule has 28 heavy (non-hydrogen) atoms. The highest BCUT2D eigenvalue weighted by molar-refractivity contribution is 6.21. The van der Waals surface area contributed by atoms with E-state index in [1.807, 2.05) is 30.3 Å². The number of carbonyl (C=O) groups is 1. The van der Waals surface area contributed by atoms with Crippen molar-refractivity contribution in [2.75, 3.05) is 0 Å². The van der Waals surface area contributed by atoms with E-state index in [1.54, 1.807) is 42.5 Å². The Hall–Kier alpha value is -3.79. The lowest BCUT2D eigenvalue weighted by Crippen LogP contribution is -2.01. The van der Waals surface area contributed by atoms with Crippen molar-refractivity contribution < 1.29 is 14.3 Å². The van der Waals surface area contributed by atoms with Gasteiger partial charge >= 0.3 is 5.97 Å². The quantitative estimate of drug-likeness (QED) is 0.305. The molecule has 4 aromatic carbocycles. The largest absolute Gasteiger partial charge is 0.478 e. The van der Waals surface area contributed by atoms with Crippen molar-refractivity contribution in [3.05, 3.63) is 90.2 Å². The average Bonchev–Trinajstić information content (AvgIpc) is 2.71. The SMILES string of the molecule is O=C(O)c1c2ccccc2nc2c1ccc1cccc(-c3ccccc3F)c12. The Balaban J connectivity index is 2.03. The van der Waals surface area contributed by atoms with Gasteiger partial charge in [-0.15, -0.1) is 0 Å². The van der Waals surface area contributed by atoms with Gasteiger partial charge in [0.05, 0.1) is 16.6 Å². The maximum Gasteiger partial charge on any atom is 0.337 e. The first-order valence-electron chi connectivity index (χ1n) is 8.87. The predicted octanol–water partition coefficient (Wildman–Crippen LogP) is 6.05. The van der Waals surface area contributed by atoms with Crippen molar-refractivity contribution >= 4 is 38.5 Å². The standard InChI is InChI=1S/C24H14FNO2/c25-19-10-3-1-7-15(19)16-9-5-6-14-12-13-18-22(24(27)28)17-8-2-4-11-20(17)26-23(18)21(14)16/h1-13H,(H,27,28). The second kappa shape index (κ2) is 6.13. The number of rotatable bonds is 2. The van der Waals surface area contributed by atoms with Crippen molar-refractivity contribution in [1.29, 1.82) is 0 Å². The maximum absolute atomic E-state index is 14.5. The van der Waals surface area contributed by atoms with Gasteiger partial charge in [0.15, 0.2) is 0 Å². The molecule has 0 aliphatic carbocycles. The zero-order chi connectivity index (χ0) is 19.3. The molecular weight excluding hydrogens is 353 g/mol. The smallest absolute Gasteiger partial charge is 0.337 e. The number of pyridine rings is 1. The molecule has 0 aliphatic heterocycles. The van der Waals surface area contributed by atoms with E-state index in [4.69, 9.17) is 4.98 Å². The highest BCUT2D eigenvalue weighted by atomic mass is 19.1. The molecule has 0 saturated carbocycles. The van der Waals surface area contributed by atoms with Crippen molar-refractivity contribution in [2.24, 2.45) is 0 Å². The van der Waals surface area contributed by atoms with Crippen LogP contribution < -0.4 is 0 Å². The Labute approximate surface area is 159 Å². The van der Waals surface area contributed by atoms with E-state index in [1.165, 1.54) is 6.07 Å². The molecule has 134 valence electrons. The molecule has 5 rings (SSSR count). The molecule has 0 aliphatic rings. The zero-order valence-corrected chi connectivity index (χ0v) is 14.7. The molecule has 1 N–H and O–H groups in total. The fourth-order valence-electron chi connectivity index (χ4n) is 3.86. The van der Waals surface area contributed by atoms with E-state index >= 15 is 0 Å². The molecule has 0 radical (unpaired) electrons. The first-order chi connectivity index (χ1) is 13.6. The van der Waals surface area contributed by atoms with Crippen LogP contribution in [0.1, 0.15) is 10.4 Å². The molecule has 1 aromatic heterocycles. The number of para-hydroxylation sites is 1. The fourth-order valence-corrected chi connectivity index (χ4v) is 3.86. The Bertz CT molecular complexity index is 1410. The van der Waals surface area contributed by atoms with Crippen LogP contribution in [-0.4, -0.2) is 16.1 Å². The Morgan fingerprint density at radius 3 is 2.36 bits per heavy atom. The van der Waals surface area contributed by atoms with Crippen LogP contribution in [0.4, 0.5) is 4.39 Å². The summed E-state index contributed by atoms with van der Waals surface area (Å²) in [5.74, 6) is -1.34. The summed E-state index contributed by atoms with van der Waals surface area (Å²) in [4.78, 5) is 16.9. The summed E-state index contributed by atoms with van der Waals surface area (Å²) >= 11 is 0. The first kappa shape index (κ1) is 16.4. The Kier molecular flexibility index (Phi) is 3.59. The van der Waals surface area contributed by atoms with Gasteiger partial charge in [-0.3, -0.25) is 0 Å². The maximum atomic E-state index is 14.5. The van der Waals surface area contributed by atoms with Crippen LogP contribution in [0.3, 0.4) is 0 Å². The number of hydrogen-bond donors (Lipinski definition) is 1. The number of carboxylic acid groups (broad SMARTS) is 1. The van der Waals surface area contributed by atoms with Crippen LogP contribution in [0.2, 0.25) is 0 Å². The summed E-state index contributed by atoms with van der Waals surface area (Å²) in [6, 6.07) is 23.1. The van der Waals surface area contributed by atoms with Crippen molar-refractivity contribution in [1.82, 2.24) is 4.98 Å². The Morgan fingerprint density at radius 1 is 0.786 bits per heavy atom. The number of fused-ring (bicyclic) bond motifs is 4. The van der Waals surface area contributed by atoms with E-state index in [9.17, 15) is 14.3 Å². The van der Waals surface area contributed by atoms with Crippen LogP contribution >= 0.6 is 0 Å². The molecule has 5 aromatic rings. The number of nitrogens with zero attached hydrogens (tertiary/aromatic N) is 1.